The maximum atomic E-state index is 13.4. The molecule has 2 heterocycles. The third kappa shape index (κ3) is 5.16. The molecule has 1 atom stereocenters. The van der Waals surface area contributed by atoms with E-state index in [4.69, 9.17) is 21.1 Å². The number of benzene rings is 2. The van der Waals surface area contributed by atoms with E-state index in [-0.39, 0.29) is 27.9 Å². The summed E-state index contributed by atoms with van der Waals surface area (Å²) in [4.78, 5) is 45.1. The van der Waals surface area contributed by atoms with Crippen molar-refractivity contribution in [3.8, 4) is 5.75 Å². The quantitative estimate of drug-likeness (QED) is 0.157. The Morgan fingerprint density at radius 2 is 1.92 bits per heavy atom. The molecule has 1 N–H and O–H groups in total. The van der Waals surface area contributed by atoms with Crippen molar-refractivity contribution in [3.63, 3.8) is 0 Å². The molecule has 3 aromatic rings. The highest BCUT2D eigenvalue weighted by atomic mass is 35.5. The Labute approximate surface area is 229 Å². The molecule has 0 aliphatic carbocycles. The first-order chi connectivity index (χ1) is 18.2. The molecule has 1 amide bonds. The molecule has 2 aromatic carbocycles. The van der Waals surface area contributed by atoms with Crippen LogP contribution in [-0.2, 0) is 14.3 Å². The van der Waals surface area contributed by atoms with E-state index in [0.29, 0.717) is 39.8 Å². The van der Waals surface area contributed by atoms with Crippen LogP contribution in [0.25, 0.3) is 5.76 Å². The predicted octanol–water partition coefficient (Wildman–Crippen LogP) is 6.01. The Bertz CT molecular complexity index is 1450. The number of amides is 1. The van der Waals surface area contributed by atoms with Crippen LogP contribution in [0.2, 0.25) is 5.02 Å². The molecular weight excluding hydrogens is 528 g/mol. The summed E-state index contributed by atoms with van der Waals surface area (Å²) in [6, 6.07) is 10.8. The largest absolute Gasteiger partial charge is 0.507 e. The van der Waals surface area contributed by atoms with Gasteiger partial charge in [0.2, 0.25) is 0 Å². The van der Waals surface area contributed by atoms with E-state index in [1.54, 1.807) is 63.2 Å². The number of carbonyl (C=O) groups excluding carboxylic acids is 3. The number of aliphatic hydroxyl groups is 1. The normalized spacial score (nSPS) is 16.7. The molecule has 0 spiro atoms. The van der Waals surface area contributed by atoms with Gasteiger partial charge in [0.05, 0.1) is 30.5 Å². The lowest BCUT2D eigenvalue weighted by Gasteiger charge is -2.23. The minimum absolute atomic E-state index is 0.104. The number of ether oxygens (including phenoxy) is 2. The number of anilines is 1. The number of hydrogen-bond acceptors (Lipinski definition) is 8. The van der Waals surface area contributed by atoms with Gasteiger partial charge in [-0.05, 0) is 68.7 Å². The standard InChI is InChI=1S/C28H27ClN2O6S/c1-5-12-37-19-10-11-20(15(3)13-19)23(32)21-22(17-8-7-9-18(29)14-17)31(26(34)24(21)33)28-30-16(4)25(38-28)27(35)36-6-2/h7-11,13-14,22,32H,5-6,12H2,1-4H3. The molecule has 1 aliphatic heterocycles. The van der Waals surface area contributed by atoms with E-state index in [9.17, 15) is 19.5 Å². The van der Waals surface area contributed by atoms with Crippen molar-refractivity contribution in [1.29, 1.82) is 0 Å². The van der Waals surface area contributed by atoms with Gasteiger partial charge in [0.25, 0.3) is 5.78 Å². The number of thiazole rings is 1. The van der Waals surface area contributed by atoms with Crippen LogP contribution in [0.4, 0.5) is 5.13 Å². The summed E-state index contributed by atoms with van der Waals surface area (Å²) >= 11 is 7.22. The smallest absolute Gasteiger partial charge is 0.350 e. The molecule has 198 valence electrons. The highest BCUT2D eigenvalue weighted by Crippen LogP contribution is 2.44. The Balaban J connectivity index is 1.88. The van der Waals surface area contributed by atoms with Crippen LogP contribution in [-0.4, -0.2) is 41.0 Å². The second kappa shape index (κ2) is 11.4. The highest BCUT2D eigenvalue weighted by molar-refractivity contribution is 7.17. The summed E-state index contributed by atoms with van der Waals surface area (Å²) in [5, 5.41) is 12.0. The number of rotatable bonds is 8. The zero-order valence-corrected chi connectivity index (χ0v) is 23.0. The second-order valence-electron chi connectivity index (χ2n) is 8.68. The van der Waals surface area contributed by atoms with Crippen LogP contribution >= 0.6 is 22.9 Å². The SMILES string of the molecule is CCCOc1ccc(C(O)=C2C(=O)C(=O)N(c3nc(C)c(C(=O)OCC)s3)C2c2cccc(Cl)c2)c(C)c1. The fourth-order valence-electron chi connectivity index (χ4n) is 4.25. The first-order valence-corrected chi connectivity index (χ1v) is 13.3. The lowest BCUT2D eigenvalue weighted by atomic mass is 9.94. The Kier molecular flexibility index (Phi) is 8.18. The molecule has 1 unspecified atom stereocenters. The highest BCUT2D eigenvalue weighted by Gasteiger charge is 2.48. The molecule has 0 radical (unpaired) electrons. The Hall–Kier alpha value is -3.69. The van der Waals surface area contributed by atoms with E-state index in [1.807, 2.05) is 6.92 Å². The number of halogens is 1. The third-order valence-corrected chi connectivity index (χ3v) is 7.36. The van der Waals surface area contributed by atoms with E-state index < -0.39 is 23.7 Å². The average molecular weight is 555 g/mol. The van der Waals surface area contributed by atoms with Gasteiger partial charge in [-0.15, -0.1) is 0 Å². The maximum absolute atomic E-state index is 13.4. The summed E-state index contributed by atoms with van der Waals surface area (Å²) in [6.45, 7) is 7.83. The number of Topliss-reactive ketones (excluding diaryl/α,β-unsaturated/α-hetero) is 1. The third-order valence-electron chi connectivity index (χ3n) is 5.99. The molecule has 0 bridgehead atoms. The van der Waals surface area contributed by atoms with Crippen LogP contribution in [0.5, 0.6) is 5.75 Å². The van der Waals surface area contributed by atoms with Gasteiger partial charge in [-0.2, -0.15) is 0 Å². The summed E-state index contributed by atoms with van der Waals surface area (Å²) in [5.74, 6) is -2.00. The van der Waals surface area contributed by atoms with Crippen molar-refractivity contribution < 1.29 is 29.0 Å². The van der Waals surface area contributed by atoms with Gasteiger partial charge in [0, 0.05) is 10.6 Å². The monoisotopic (exact) mass is 554 g/mol. The molecule has 38 heavy (non-hydrogen) atoms. The van der Waals surface area contributed by atoms with Crippen molar-refractivity contribution in [2.75, 3.05) is 18.1 Å². The molecule has 8 nitrogen and oxygen atoms in total. The minimum Gasteiger partial charge on any atom is -0.507 e. The minimum atomic E-state index is -1.02. The van der Waals surface area contributed by atoms with E-state index in [1.165, 1.54) is 4.90 Å². The topological polar surface area (TPSA) is 106 Å². The fraction of sp³-hybridized carbons (Fsp3) is 0.286. The van der Waals surface area contributed by atoms with Crippen molar-refractivity contribution >= 4 is 51.5 Å². The van der Waals surface area contributed by atoms with Crippen LogP contribution in [0.1, 0.15) is 58.4 Å². The lowest BCUT2D eigenvalue weighted by molar-refractivity contribution is -0.132. The van der Waals surface area contributed by atoms with Crippen LogP contribution < -0.4 is 9.64 Å². The summed E-state index contributed by atoms with van der Waals surface area (Å²) < 4.78 is 10.8. The van der Waals surface area contributed by atoms with E-state index >= 15 is 0 Å². The zero-order chi connectivity index (χ0) is 27.6. The molecular formula is C28H27ClN2O6S. The number of ketones is 1. The number of aryl methyl sites for hydroxylation is 2. The molecule has 4 rings (SSSR count). The van der Waals surface area contributed by atoms with Crippen LogP contribution in [0.15, 0.2) is 48.0 Å². The number of esters is 1. The maximum Gasteiger partial charge on any atom is 0.350 e. The van der Waals surface area contributed by atoms with E-state index in [2.05, 4.69) is 4.98 Å². The van der Waals surface area contributed by atoms with Crippen molar-refractivity contribution in [1.82, 2.24) is 4.98 Å². The molecule has 1 aromatic heterocycles. The van der Waals surface area contributed by atoms with Gasteiger partial charge >= 0.3 is 11.9 Å². The van der Waals surface area contributed by atoms with Gasteiger partial charge in [0.15, 0.2) is 5.13 Å². The molecule has 10 heteroatoms. The van der Waals surface area contributed by atoms with Gasteiger partial charge in [-0.25, -0.2) is 9.78 Å². The summed E-state index contributed by atoms with van der Waals surface area (Å²) in [6.07, 6.45) is 0.845. The van der Waals surface area contributed by atoms with Gasteiger partial charge in [-0.3, -0.25) is 14.5 Å². The molecule has 1 saturated heterocycles. The predicted molar refractivity (Wildman–Crippen MR) is 146 cm³/mol. The Morgan fingerprint density at radius 1 is 1.16 bits per heavy atom. The number of nitrogens with zero attached hydrogens (tertiary/aromatic N) is 2. The zero-order valence-electron chi connectivity index (χ0n) is 21.4. The summed E-state index contributed by atoms with van der Waals surface area (Å²) in [5.41, 5.74) is 1.83. The number of carbonyl (C=O) groups is 3. The Morgan fingerprint density at radius 3 is 2.58 bits per heavy atom. The number of aromatic nitrogens is 1. The number of hydrogen-bond donors (Lipinski definition) is 1. The molecule has 0 saturated carbocycles. The average Bonchev–Trinajstić information content (AvgIpc) is 3.39. The van der Waals surface area contributed by atoms with Gasteiger partial charge in [0.1, 0.15) is 16.4 Å². The van der Waals surface area contributed by atoms with E-state index in [0.717, 1.165) is 17.8 Å². The van der Waals surface area contributed by atoms with Crippen LogP contribution in [0, 0.1) is 13.8 Å². The van der Waals surface area contributed by atoms with Crippen molar-refractivity contribution in [2.24, 2.45) is 0 Å². The number of aliphatic hydroxyl groups excluding tert-OH is 1. The lowest BCUT2D eigenvalue weighted by Crippen LogP contribution is -2.29. The van der Waals surface area contributed by atoms with Gasteiger partial charge in [-0.1, -0.05) is 42.0 Å². The first kappa shape index (κ1) is 27.3. The fourth-order valence-corrected chi connectivity index (χ4v) is 5.44. The van der Waals surface area contributed by atoms with Gasteiger partial charge < -0.3 is 14.6 Å². The molecule has 1 aliphatic rings. The molecule has 1 fully saturated rings. The first-order valence-electron chi connectivity index (χ1n) is 12.1. The second-order valence-corrected chi connectivity index (χ2v) is 10.1. The van der Waals surface area contributed by atoms with Crippen molar-refractivity contribution in [2.45, 2.75) is 40.2 Å². The van der Waals surface area contributed by atoms with Crippen LogP contribution in [0.3, 0.4) is 0 Å². The summed E-state index contributed by atoms with van der Waals surface area (Å²) in [7, 11) is 0. The van der Waals surface area contributed by atoms with Crippen molar-refractivity contribution in [3.05, 3.63) is 80.3 Å².